The Bertz CT molecular complexity index is 1640. The number of nitrogens with one attached hydrogen (secondary N) is 2. The molecule has 1 saturated heterocycles. The van der Waals surface area contributed by atoms with Gasteiger partial charge in [-0.1, -0.05) is 56.4 Å². The van der Waals surface area contributed by atoms with Gasteiger partial charge in [0.25, 0.3) is 5.91 Å². The topological polar surface area (TPSA) is 121 Å². The highest BCUT2D eigenvalue weighted by molar-refractivity contribution is 7.89. The molecule has 0 saturated carbocycles. The highest BCUT2D eigenvalue weighted by Crippen LogP contribution is 2.32. The lowest BCUT2D eigenvalue weighted by atomic mass is 9.87. The number of amides is 2. The van der Waals surface area contributed by atoms with Crippen molar-refractivity contribution in [3.05, 3.63) is 70.2 Å². The van der Waals surface area contributed by atoms with Gasteiger partial charge in [0.15, 0.2) is 5.13 Å². The van der Waals surface area contributed by atoms with Gasteiger partial charge in [-0.05, 0) is 40.8 Å². The van der Waals surface area contributed by atoms with Crippen molar-refractivity contribution in [3.8, 4) is 5.75 Å². The van der Waals surface area contributed by atoms with Crippen LogP contribution in [0, 0.1) is 0 Å². The van der Waals surface area contributed by atoms with Gasteiger partial charge in [-0.15, -0.1) is 13.2 Å². The molecular weight excluding hydrogens is 619 g/mol. The molecular formula is C29H32F3N5O5S2. The Morgan fingerprint density at radius 3 is 2.39 bits per heavy atom. The number of nitrogens with zero attached hydrogens (tertiary/aromatic N) is 3. The number of halogens is 3. The Hall–Kier alpha value is -3.69. The number of carbonyl (C=O) groups is 2. The fourth-order valence-electron chi connectivity index (χ4n) is 5.02. The number of alkyl halides is 3. The van der Waals surface area contributed by atoms with E-state index in [0.717, 1.165) is 39.7 Å². The van der Waals surface area contributed by atoms with E-state index in [4.69, 9.17) is 0 Å². The lowest BCUT2D eigenvalue weighted by Gasteiger charge is -2.39. The number of ether oxygens (including phenoxy) is 1. The van der Waals surface area contributed by atoms with Crippen LogP contribution in [0.5, 0.6) is 5.75 Å². The van der Waals surface area contributed by atoms with E-state index < -0.39 is 34.1 Å². The molecule has 1 aromatic heterocycles. The zero-order valence-corrected chi connectivity index (χ0v) is 25.9. The van der Waals surface area contributed by atoms with Crippen LogP contribution >= 0.6 is 11.3 Å². The molecule has 2 amide bonds. The summed E-state index contributed by atoms with van der Waals surface area (Å²) in [7, 11) is -4.31. The Kier molecular flexibility index (Phi) is 8.66. The Balaban J connectivity index is 1.39. The van der Waals surface area contributed by atoms with E-state index in [1.807, 2.05) is 24.3 Å². The average molecular weight is 652 g/mol. The number of hydrogen-bond acceptors (Lipinski definition) is 8. The van der Waals surface area contributed by atoms with Gasteiger partial charge in [0, 0.05) is 39.1 Å². The molecule has 2 aromatic carbocycles. The first-order valence-electron chi connectivity index (χ1n) is 13.9. The van der Waals surface area contributed by atoms with E-state index in [1.165, 1.54) is 11.3 Å². The quantitative estimate of drug-likeness (QED) is 0.399. The summed E-state index contributed by atoms with van der Waals surface area (Å²) < 4.78 is 70.3. The number of aromatic nitrogens is 1. The van der Waals surface area contributed by atoms with E-state index in [2.05, 4.69) is 41.1 Å². The molecule has 2 aliphatic rings. The second kappa shape index (κ2) is 12.0. The first-order valence-corrected chi connectivity index (χ1v) is 16.1. The minimum atomic E-state index is -4.93. The molecule has 0 radical (unpaired) electrons. The van der Waals surface area contributed by atoms with Crippen LogP contribution < -0.4 is 20.3 Å². The van der Waals surface area contributed by atoms with E-state index in [1.54, 1.807) is 4.90 Å². The number of thiazole rings is 1. The van der Waals surface area contributed by atoms with Gasteiger partial charge < -0.3 is 20.3 Å². The Morgan fingerprint density at radius 1 is 1.09 bits per heavy atom. The molecule has 0 bridgehead atoms. The normalized spacial score (nSPS) is 18.0. The zero-order valence-electron chi connectivity index (χ0n) is 24.3. The van der Waals surface area contributed by atoms with E-state index in [9.17, 15) is 31.2 Å². The molecule has 3 aromatic rings. The maximum atomic E-state index is 13.7. The van der Waals surface area contributed by atoms with Crippen LogP contribution in [-0.4, -0.2) is 68.1 Å². The standard InChI is InChI=1S/C29H32F3N5O5S2/c1-28(2,3)19-6-4-18(5-7-19)16-34-25(38)23-17-36(27-35-22-12-13-33-26(39)24(22)43-27)14-15-37(23)44(40,41)21-10-8-20(9-11-21)42-29(30,31)32/h4-11,23H,12-17H2,1-3H3,(H,33,39)(H,34,38)/t23-/m1/s1. The number of rotatable bonds is 7. The summed E-state index contributed by atoms with van der Waals surface area (Å²) in [5.74, 6) is -1.33. The van der Waals surface area contributed by atoms with Gasteiger partial charge in [-0.25, -0.2) is 13.4 Å². The third kappa shape index (κ3) is 7.00. The number of carbonyl (C=O) groups excluding carboxylic acids is 2. The van der Waals surface area contributed by atoms with Crippen LogP contribution in [0.1, 0.15) is 47.3 Å². The van der Waals surface area contributed by atoms with Crippen LogP contribution in [0.25, 0.3) is 0 Å². The smallest absolute Gasteiger partial charge is 0.406 e. The van der Waals surface area contributed by atoms with Gasteiger partial charge in [-0.2, -0.15) is 4.31 Å². The zero-order chi connectivity index (χ0) is 31.9. The van der Waals surface area contributed by atoms with Gasteiger partial charge in [-0.3, -0.25) is 9.59 Å². The van der Waals surface area contributed by atoms with Crippen molar-refractivity contribution in [1.82, 2.24) is 19.9 Å². The highest BCUT2D eigenvalue weighted by atomic mass is 32.2. The van der Waals surface area contributed by atoms with Crippen molar-refractivity contribution < 1.29 is 35.9 Å². The Morgan fingerprint density at radius 2 is 1.77 bits per heavy atom. The molecule has 15 heteroatoms. The summed E-state index contributed by atoms with van der Waals surface area (Å²) in [6, 6.07) is 10.4. The molecule has 1 fully saturated rings. The number of hydrogen-bond donors (Lipinski definition) is 2. The van der Waals surface area contributed by atoms with E-state index in [0.29, 0.717) is 28.7 Å². The Labute approximate surface area is 257 Å². The van der Waals surface area contributed by atoms with Crippen LogP contribution in [0.4, 0.5) is 18.3 Å². The molecule has 0 unspecified atom stereocenters. The van der Waals surface area contributed by atoms with Crippen molar-refractivity contribution in [3.63, 3.8) is 0 Å². The third-order valence-corrected chi connectivity index (χ3v) is 10.5. The minimum Gasteiger partial charge on any atom is -0.406 e. The van der Waals surface area contributed by atoms with Crippen molar-refractivity contribution in [2.45, 2.75) is 56.5 Å². The first-order chi connectivity index (χ1) is 20.6. The molecule has 44 heavy (non-hydrogen) atoms. The monoisotopic (exact) mass is 651 g/mol. The largest absolute Gasteiger partial charge is 0.573 e. The molecule has 10 nitrogen and oxygen atoms in total. The second-order valence-corrected chi connectivity index (χ2v) is 14.4. The summed E-state index contributed by atoms with van der Waals surface area (Å²) in [6.45, 7) is 6.94. The summed E-state index contributed by atoms with van der Waals surface area (Å²) >= 11 is 1.19. The van der Waals surface area contributed by atoms with Gasteiger partial charge >= 0.3 is 6.36 Å². The summed E-state index contributed by atoms with van der Waals surface area (Å²) in [5, 5.41) is 6.13. The molecule has 5 rings (SSSR count). The SMILES string of the molecule is CC(C)(C)c1ccc(CNC(=O)[C@H]2CN(c3nc4c(s3)C(=O)NCC4)CCN2S(=O)(=O)c2ccc(OC(F)(F)F)cc2)cc1. The van der Waals surface area contributed by atoms with Gasteiger partial charge in [0.05, 0.1) is 10.6 Å². The molecule has 2 N–H and O–H groups in total. The molecule has 3 heterocycles. The fraction of sp³-hybridized carbons (Fsp3) is 0.414. The fourth-order valence-corrected chi connectivity index (χ4v) is 7.65. The minimum absolute atomic E-state index is 0.0443. The van der Waals surface area contributed by atoms with Crippen molar-refractivity contribution in [1.29, 1.82) is 0 Å². The summed E-state index contributed by atoms with van der Waals surface area (Å²) in [6.07, 6.45) is -4.36. The summed E-state index contributed by atoms with van der Waals surface area (Å²) in [5.41, 5.74) is 2.56. The molecule has 236 valence electrons. The number of benzene rings is 2. The van der Waals surface area contributed by atoms with Crippen molar-refractivity contribution in [2.24, 2.45) is 0 Å². The number of anilines is 1. The van der Waals surface area contributed by atoms with Crippen LogP contribution in [0.3, 0.4) is 0 Å². The molecule has 0 aliphatic carbocycles. The molecule has 2 aliphatic heterocycles. The highest BCUT2D eigenvalue weighted by Gasteiger charge is 2.41. The first kappa shape index (κ1) is 31.7. The molecule has 1 atom stereocenters. The number of fused-ring (bicyclic) bond motifs is 1. The number of sulfonamides is 1. The summed E-state index contributed by atoms with van der Waals surface area (Å²) in [4.78, 5) is 32.6. The lowest BCUT2D eigenvalue weighted by Crippen LogP contribution is -2.60. The van der Waals surface area contributed by atoms with E-state index >= 15 is 0 Å². The maximum Gasteiger partial charge on any atom is 0.573 e. The van der Waals surface area contributed by atoms with Crippen LogP contribution in [0.2, 0.25) is 0 Å². The second-order valence-electron chi connectivity index (χ2n) is 11.5. The van der Waals surface area contributed by atoms with Gasteiger partial charge in [0.2, 0.25) is 15.9 Å². The van der Waals surface area contributed by atoms with Crippen LogP contribution in [0.15, 0.2) is 53.4 Å². The lowest BCUT2D eigenvalue weighted by molar-refractivity contribution is -0.274. The van der Waals surface area contributed by atoms with Crippen molar-refractivity contribution >= 4 is 38.3 Å². The van der Waals surface area contributed by atoms with Gasteiger partial charge in [0.1, 0.15) is 16.7 Å². The average Bonchev–Trinajstić information content (AvgIpc) is 3.41. The predicted molar refractivity (Wildman–Crippen MR) is 158 cm³/mol. The maximum absolute atomic E-state index is 13.7. The third-order valence-electron chi connectivity index (χ3n) is 7.39. The van der Waals surface area contributed by atoms with Crippen LogP contribution in [-0.2, 0) is 33.2 Å². The van der Waals surface area contributed by atoms with E-state index in [-0.39, 0.29) is 42.4 Å². The molecule has 0 spiro atoms. The number of piperazine rings is 1. The predicted octanol–water partition coefficient (Wildman–Crippen LogP) is 3.82. The van der Waals surface area contributed by atoms with Crippen molar-refractivity contribution in [2.75, 3.05) is 31.1 Å².